The van der Waals surface area contributed by atoms with Crippen molar-refractivity contribution in [1.29, 1.82) is 0 Å². The zero-order valence-corrected chi connectivity index (χ0v) is 14.3. The lowest BCUT2D eigenvalue weighted by Gasteiger charge is -2.14. The molecule has 0 aliphatic rings. The van der Waals surface area contributed by atoms with Gasteiger partial charge in [-0.3, -0.25) is 10.1 Å². The Balaban J connectivity index is 2.30. The highest BCUT2D eigenvalue weighted by Crippen LogP contribution is 2.23. The summed E-state index contributed by atoms with van der Waals surface area (Å²) in [7, 11) is -4.02. The minimum absolute atomic E-state index is 0.366. The zero-order chi connectivity index (χ0) is 17.2. The molecule has 122 valence electrons. The van der Waals surface area contributed by atoms with Gasteiger partial charge in [-0.05, 0) is 36.8 Å². The Morgan fingerprint density at radius 2 is 1.83 bits per heavy atom. The van der Waals surface area contributed by atoms with Gasteiger partial charge in [-0.1, -0.05) is 28.1 Å². The van der Waals surface area contributed by atoms with E-state index in [9.17, 15) is 22.9 Å². The molecule has 0 aliphatic carbocycles. The van der Waals surface area contributed by atoms with E-state index in [1.54, 1.807) is 31.2 Å². The van der Waals surface area contributed by atoms with Crippen LogP contribution in [0.2, 0.25) is 0 Å². The number of sulfonamides is 1. The van der Waals surface area contributed by atoms with Crippen LogP contribution in [0.15, 0.2) is 51.8 Å². The maximum atomic E-state index is 13.3. The zero-order valence-electron chi connectivity index (χ0n) is 11.9. The van der Waals surface area contributed by atoms with E-state index in [0.29, 0.717) is 11.6 Å². The summed E-state index contributed by atoms with van der Waals surface area (Å²) in [5.74, 6) is -1.09. The van der Waals surface area contributed by atoms with E-state index in [1.165, 1.54) is 0 Å². The lowest BCUT2D eigenvalue weighted by molar-refractivity contribution is -0.387. The monoisotopic (exact) mass is 402 g/mol. The third-order valence-electron chi connectivity index (χ3n) is 3.13. The molecular weight excluding hydrogens is 391 g/mol. The fourth-order valence-electron chi connectivity index (χ4n) is 1.92. The molecule has 0 radical (unpaired) electrons. The van der Waals surface area contributed by atoms with Gasteiger partial charge in [-0.25, -0.2) is 13.1 Å². The van der Waals surface area contributed by atoms with Gasteiger partial charge in [0.2, 0.25) is 15.8 Å². The quantitative estimate of drug-likeness (QED) is 0.611. The molecule has 0 unspecified atom stereocenters. The predicted octanol–water partition coefficient (Wildman–Crippen LogP) is 3.54. The lowest BCUT2D eigenvalue weighted by atomic mass is 10.1. The Labute approximate surface area is 140 Å². The number of hydrogen-bond acceptors (Lipinski definition) is 4. The van der Waals surface area contributed by atoms with E-state index in [0.717, 1.165) is 16.6 Å². The fraction of sp³-hybridized carbons (Fsp3) is 0.143. The maximum absolute atomic E-state index is 13.3. The molecule has 1 N–H and O–H groups in total. The van der Waals surface area contributed by atoms with Crippen molar-refractivity contribution in [3.63, 3.8) is 0 Å². The van der Waals surface area contributed by atoms with E-state index in [4.69, 9.17) is 0 Å². The molecule has 0 aromatic heterocycles. The first kappa shape index (κ1) is 17.5. The Bertz CT molecular complexity index is 840. The van der Waals surface area contributed by atoms with Gasteiger partial charge in [0.15, 0.2) is 0 Å². The van der Waals surface area contributed by atoms with Gasteiger partial charge >= 0.3 is 5.69 Å². The van der Waals surface area contributed by atoms with Crippen molar-refractivity contribution in [1.82, 2.24) is 4.72 Å². The predicted molar refractivity (Wildman–Crippen MR) is 85.9 cm³/mol. The lowest BCUT2D eigenvalue weighted by Crippen LogP contribution is -2.27. The summed E-state index contributed by atoms with van der Waals surface area (Å²) in [5.41, 5.74) is -0.169. The van der Waals surface area contributed by atoms with Crippen molar-refractivity contribution >= 4 is 31.6 Å². The first-order chi connectivity index (χ1) is 10.7. The summed E-state index contributed by atoms with van der Waals surface area (Å²) in [5, 5.41) is 10.7. The minimum atomic E-state index is -4.02. The van der Waals surface area contributed by atoms with Gasteiger partial charge in [0.05, 0.1) is 9.82 Å². The maximum Gasteiger partial charge on any atom is 0.306 e. The van der Waals surface area contributed by atoms with E-state index in [1.807, 2.05) is 0 Å². The molecule has 0 bridgehead atoms. The summed E-state index contributed by atoms with van der Waals surface area (Å²) >= 11 is 3.28. The topological polar surface area (TPSA) is 89.3 Å². The third kappa shape index (κ3) is 4.12. The molecule has 2 rings (SSSR count). The van der Waals surface area contributed by atoms with Crippen molar-refractivity contribution in [2.75, 3.05) is 0 Å². The smallest absolute Gasteiger partial charge is 0.258 e. The van der Waals surface area contributed by atoms with Gasteiger partial charge in [0, 0.05) is 16.6 Å². The van der Waals surface area contributed by atoms with Crippen LogP contribution in [0.4, 0.5) is 10.1 Å². The van der Waals surface area contributed by atoms with Crippen LogP contribution in [0, 0.1) is 15.9 Å². The molecule has 0 saturated heterocycles. The Kier molecular flexibility index (Phi) is 5.12. The number of benzene rings is 2. The summed E-state index contributed by atoms with van der Waals surface area (Å²) < 4.78 is 41.2. The van der Waals surface area contributed by atoms with Crippen molar-refractivity contribution in [3.05, 3.63) is 68.4 Å². The number of nitrogens with zero attached hydrogens (tertiary/aromatic N) is 1. The Morgan fingerprint density at radius 3 is 2.39 bits per heavy atom. The second-order valence-electron chi connectivity index (χ2n) is 4.76. The molecule has 0 spiro atoms. The SMILES string of the molecule is C[C@@H](NS(=O)(=O)c1ccc(F)c([N+](=O)[O-])c1)c1ccc(Br)cc1. The minimum Gasteiger partial charge on any atom is -0.258 e. The number of hydrogen-bond donors (Lipinski definition) is 1. The second-order valence-corrected chi connectivity index (χ2v) is 7.39. The van der Waals surface area contributed by atoms with E-state index >= 15 is 0 Å². The van der Waals surface area contributed by atoms with Gasteiger partial charge in [0.25, 0.3) is 0 Å². The van der Waals surface area contributed by atoms with Crippen LogP contribution < -0.4 is 4.72 Å². The summed E-state index contributed by atoms with van der Waals surface area (Å²) in [6.45, 7) is 1.64. The largest absolute Gasteiger partial charge is 0.306 e. The van der Waals surface area contributed by atoms with Crippen LogP contribution in [-0.2, 0) is 10.0 Å². The molecule has 2 aromatic rings. The number of nitro benzene ring substituents is 1. The van der Waals surface area contributed by atoms with Crippen LogP contribution in [-0.4, -0.2) is 13.3 Å². The van der Waals surface area contributed by atoms with Crippen LogP contribution in [0.5, 0.6) is 0 Å². The molecule has 9 heteroatoms. The number of halogens is 2. The van der Waals surface area contributed by atoms with Crippen molar-refractivity contribution in [2.24, 2.45) is 0 Å². The van der Waals surface area contributed by atoms with Crippen molar-refractivity contribution < 1.29 is 17.7 Å². The fourth-order valence-corrected chi connectivity index (χ4v) is 3.44. The molecule has 0 amide bonds. The first-order valence-corrected chi connectivity index (χ1v) is 8.70. The highest BCUT2D eigenvalue weighted by Gasteiger charge is 2.23. The van der Waals surface area contributed by atoms with E-state index in [-0.39, 0.29) is 4.90 Å². The van der Waals surface area contributed by atoms with Gasteiger partial charge in [0.1, 0.15) is 0 Å². The van der Waals surface area contributed by atoms with Gasteiger partial charge in [-0.15, -0.1) is 0 Å². The summed E-state index contributed by atoms with van der Waals surface area (Å²) in [6.07, 6.45) is 0. The molecule has 0 heterocycles. The molecule has 0 saturated carbocycles. The molecule has 6 nitrogen and oxygen atoms in total. The Morgan fingerprint density at radius 1 is 1.22 bits per heavy atom. The number of nitro groups is 1. The highest BCUT2D eigenvalue weighted by atomic mass is 79.9. The summed E-state index contributed by atoms with van der Waals surface area (Å²) in [6, 6.07) is 8.90. The number of nitrogens with one attached hydrogen (secondary N) is 1. The van der Waals surface area contributed by atoms with Gasteiger partial charge < -0.3 is 0 Å². The third-order valence-corrected chi connectivity index (χ3v) is 5.19. The highest BCUT2D eigenvalue weighted by molar-refractivity contribution is 9.10. The molecule has 0 aliphatic heterocycles. The number of rotatable bonds is 5. The summed E-state index contributed by atoms with van der Waals surface area (Å²) in [4.78, 5) is 9.39. The molecule has 1 atom stereocenters. The van der Waals surface area contributed by atoms with Gasteiger partial charge in [-0.2, -0.15) is 4.39 Å². The van der Waals surface area contributed by atoms with Crippen LogP contribution in [0.25, 0.3) is 0 Å². The van der Waals surface area contributed by atoms with E-state index < -0.39 is 32.5 Å². The Hall–Kier alpha value is -1.84. The normalized spacial score (nSPS) is 12.8. The average Bonchev–Trinajstić information content (AvgIpc) is 2.47. The van der Waals surface area contributed by atoms with Crippen LogP contribution >= 0.6 is 15.9 Å². The first-order valence-electron chi connectivity index (χ1n) is 6.42. The van der Waals surface area contributed by atoms with Crippen molar-refractivity contribution in [2.45, 2.75) is 17.9 Å². The average molecular weight is 403 g/mol. The van der Waals surface area contributed by atoms with Crippen LogP contribution in [0.3, 0.4) is 0 Å². The second kappa shape index (κ2) is 6.73. The van der Waals surface area contributed by atoms with Crippen LogP contribution in [0.1, 0.15) is 18.5 Å². The standard InChI is InChI=1S/C14H12BrFN2O4S/c1-9(10-2-4-11(15)5-3-10)17-23(21,22)12-6-7-13(16)14(8-12)18(19)20/h2-9,17H,1H3/t9-/m1/s1. The van der Waals surface area contributed by atoms with E-state index in [2.05, 4.69) is 20.7 Å². The molecule has 23 heavy (non-hydrogen) atoms. The molecular formula is C14H12BrFN2O4S. The molecule has 2 aromatic carbocycles. The molecule has 0 fully saturated rings. The van der Waals surface area contributed by atoms with Crippen molar-refractivity contribution in [3.8, 4) is 0 Å².